The Hall–Kier alpha value is -4.33. The maximum Gasteiger partial charge on any atom is 0.263 e. The van der Waals surface area contributed by atoms with Crippen molar-refractivity contribution < 1.29 is 19.0 Å². The lowest BCUT2D eigenvalue weighted by molar-refractivity contribution is -0.118. The number of anilines is 1. The second-order valence-corrected chi connectivity index (χ2v) is 6.73. The average Bonchev–Trinajstić information content (AvgIpc) is 3.27. The summed E-state index contributed by atoms with van der Waals surface area (Å²) in [6.07, 6.45) is 1.66. The summed E-state index contributed by atoms with van der Waals surface area (Å²) in [7, 11) is 3.16. The van der Waals surface area contributed by atoms with Gasteiger partial charge in [-0.3, -0.25) is 4.79 Å². The van der Waals surface area contributed by atoms with Crippen molar-refractivity contribution >= 4 is 11.7 Å². The molecule has 0 fully saturated rings. The Bertz CT molecular complexity index is 1190. The smallest absolute Gasteiger partial charge is 0.263 e. The minimum Gasteiger partial charge on any atom is -0.493 e. The highest BCUT2D eigenvalue weighted by atomic mass is 16.5. The molecular formula is C24H22N4O4. The number of para-hydroxylation sites is 1. The molecule has 0 saturated carbocycles. The molecule has 162 valence electrons. The quantitative estimate of drug-likeness (QED) is 0.455. The maximum atomic E-state index is 12.6. The molecular weight excluding hydrogens is 408 g/mol. The summed E-state index contributed by atoms with van der Waals surface area (Å²) in [6, 6.07) is 21.9. The number of ether oxygens (including phenoxy) is 3. The van der Waals surface area contributed by atoms with Gasteiger partial charge in [0.25, 0.3) is 5.91 Å². The summed E-state index contributed by atoms with van der Waals surface area (Å²) in [5.41, 5.74) is 1.43. The number of carbonyl (C=O) groups is 1. The molecule has 0 aliphatic rings. The monoisotopic (exact) mass is 430 g/mol. The van der Waals surface area contributed by atoms with Crippen LogP contribution in [0.5, 0.6) is 17.2 Å². The van der Waals surface area contributed by atoms with Gasteiger partial charge in [0, 0.05) is 17.8 Å². The molecule has 0 spiro atoms. The molecule has 8 nitrogen and oxygen atoms in total. The molecule has 0 unspecified atom stereocenters. The summed E-state index contributed by atoms with van der Waals surface area (Å²) in [5, 5.41) is 7.52. The summed E-state index contributed by atoms with van der Waals surface area (Å²) < 4.78 is 17.8. The Kier molecular flexibility index (Phi) is 6.31. The van der Waals surface area contributed by atoms with Gasteiger partial charge >= 0.3 is 0 Å². The van der Waals surface area contributed by atoms with E-state index >= 15 is 0 Å². The fourth-order valence-electron chi connectivity index (χ4n) is 3.10. The van der Waals surface area contributed by atoms with Gasteiger partial charge in [-0.05, 0) is 42.5 Å². The Morgan fingerprint density at radius 2 is 1.72 bits per heavy atom. The highest BCUT2D eigenvalue weighted by Crippen LogP contribution is 2.33. The lowest BCUT2D eigenvalue weighted by Crippen LogP contribution is -2.22. The van der Waals surface area contributed by atoms with Crippen LogP contribution in [0.3, 0.4) is 0 Å². The first-order valence-corrected chi connectivity index (χ1v) is 9.89. The number of hydrogen-bond donors (Lipinski definition) is 1. The van der Waals surface area contributed by atoms with E-state index in [9.17, 15) is 4.79 Å². The summed E-state index contributed by atoms with van der Waals surface area (Å²) in [6.45, 7) is -0.136. The second kappa shape index (κ2) is 9.65. The zero-order valence-electron chi connectivity index (χ0n) is 17.7. The van der Waals surface area contributed by atoms with Crippen LogP contribution in [0.4, 0.5) is 5.82 Å². The van der Waals surface area contributed by atoms with E-state index in [-0.39, 0.29) is 12.5 Å². The van der Waals surface area contributed by atoms with Gasteiger partial charge in [0.05, 0.1) is 19.9 Å². The SMILES string of the molecule is COc1ccc(-c2cc(NC(=O)COc3ccccc3)n(-c3ccccn3)n2)cc1OC. The Labute approximate surface area is 185 Å². The van der Waals surface area contributed by atoms with Crippen LogP contribution in [0.25, 0.3) is 17.1 Å². The standard InChI is InChI=1S/C24H22N4O4/c1-30-20-12-11-17(14-21(20)31-2)19-15-23(28(27-19)22-10-6-7-13-25-22)26-24(29)16-32-18-8-4-3-5-9-18/h3-15H,16H2,1-2H3,(H,26,29). The van der Waals surface area contributed by atoms with E-state index in [1.54, 1.807) is 49.4 Å². The van der Waals surface area contributed by atoms with Gasteiger partial charge in [0.1, 0.15) is 11.6 Å². The van der Waals surface area contributed by atoms with Crippen molar-refractivity contribution in [3.05, 3.63) is 79.0 Å². The largest absolute Gasteiger partial charge is 0.493 e. The maximum absolute atomic E-state index is 12.6. The summed E-state index contributed by atoms with van der Waals surface area (Å²) in [5.74, 6) is 2.54. The van der Waals surface area contributed by atoms with Gasteiger partial charge in [-0.25, -0.2) is 4.98 Å². The highest BCUT2D eigenvalue weighted by Gasteiger charge is 2.16. The molecule has 0 radical (unpaired) electrons. The van der Waals surface area contributed by atoms with Crippen molar-refractivity contribution in [2.75, 3.05) is 26.1 Å². The first-order chi connectivity index (χ1) is 15.7. The molecule has 0 aliphatic carbocycles. The normalized spacial score (nSPS) is 10.4. The van der Waals surface area contributed by atoms with Gasteiger partial charge < -0.3 is 19.5 Å². The van der Waals surface area contributed by atoms with Crippen LogP contribution in [0.15, 0.2) is 79.0 Å². The molecule has 4 rings (SSSR count). The van der Waals surface area contributed by atoms with Crippen molar-refractivity contribution in [1.29, 1.82) is 0 Å². The number of hydrogen-bond acceptors (Lipinski definition) is 6. The number of methoxy groups -OCH3 is 2. The van der Waals surface area contributed by atoms with E-state index in [1.807, 2.05) is 48.5 Å². The molecule has 32 heavy (non-hydrogen) atoms. The van der Waals surface area contributed by atoms with Crippen LogP contribution in [-0.2, 0) is 4.79 Å². The van der Waals surface area contributed by atoms with Crippen LogP contribution in [0, 0.1) is 0 Å². The van der Waals surface area contributed by atoms with Crippen LogP contribution in [0.2, 0.25) is 0 Å². The van der Waals surface area contributed by atoms with E-state index < -0.39 is 0 Å². The van der Waals surface area contributed by atoms with E-state index in [1.165, 1.54) is 0 Å². The number of rotatable bonds is 8. The molecule has 1 N–H and O–H groups in total. The molecule has 2 aromatic carbocycles. The lowest BCUT2D eigenvalue weighted by atomic mass is 10.1. The number of carbonyl (C=O) groups excluding carboxylic acids is 1. The van der Waals surface area contributed by atoms with Gasteiger partial charge in [-0.1, -0.05) is 24.3 Å². The van der Waals surface area contributed by atoms with Crippen molar-refractivity contribution in [1.82, 2.24) is 14.8 Å². The zero-order valence-corrected chi connectivity index (χ0v) is 17.7. The number of nitrogens with one attached hydrogen (secondary N) is 1. The number of nitrogens with zero attached hydrogens (tertiary/aromatic N) is 3. The molecule has 0 atom stereocenters. The van der Waals surface area contributed by atoms with Crippen molar-refractivity contribution in [2.24, 2.45) is 0 Å². The Morgan fingerprint density at radius 1 is 0.938 bits per heavy atom. The topological polar surface area (TPSA) is 87.5 Å². The predicted molar refractivity (Wildman–Crippen MR) is 120 cm³/mol. The molecule has 1 amide bonds. The summed E-state index contributed by atoms with van der Waals surface area (Å²) in [4.78, 5) is 16.9. The van der Waals surface area contributed by atoms with Crippen LogP contribution in [0.1, 0.15) is 0 Å². The Balaban J connectivity index is 1.62. The second-order valence-electron chi connectivity index (χ2n) is 6.73. The third-order valence-corrected chi connectivity index (χ3v) is 4.64. The molecule has 4 aromatic rings. The highest BCUT2D eigenvalue weighted by molar-refractivity contribution is 5.92. The Morgan fingerprint density at radius 3 is 2.44 bits per heavy atom. The van der Waals surface area contributed by atoms with E-state index in [4.69, 9.17) is 14.2 Å². The van der Waals surface area contributed by atoms with Gasteiger partial charge in [0.15, 0.2) is 23.9 Å². The van der Waals surface area contributed by atoms with Crippen LogP contribution in [-0.4, -0.2) is 41.5 Å². The molecule has 8 heteroatoms. The van der Waals surface area contributed by atoms with Crippen LogP contribution < -0.4 is 19.5 Å². The first-order valence-electron chi connectivity index (χ1n) is 9.89. The van der Waals surface area contributed by atoms with Crippen molar-refractivity contribution in [3.63, 3.8) is 0 Å². The molecule has 0 saturated heterocycles. The third-order valence-electron chi connectivity index (χ3n) is 4.64. The fourth-order valence-corrected chi connectivity index (χ4v) is 3.10. The number of pyridine rings is 1. The van der Waals surface area contributed by atoms with E-state index in [0.29, 0.717) is 34.6 Å². The average molecular weight is 430 g/mol. The number of benzene rings is 2. The van der Waals surface area contributed by atoms with Crippen LogP contribution >= 0.6 is 0 Å². The predicted octanol–water partition coefficient (Wildman–Crippen LogP) is 3.97. The number of amides is 1. The zero-order chi connectivity index (χ0) is 22.3. The lowest BCUT2D eigenvalue weighted by Gasteiger charge is -2.09. The molecule has 2 aromatic heterocycles. The van der Waals surface area contributed by atoms with Crippen molar-refractivity contribution in [3.8, 4) is 34.3 Å². The number of aromatic nitrogens is 3. The molecule has 0 aliphatic heterocycles. The molecule has 2 heterocycles. The van der Waals surface area contributed by atoms with Gasteiger partial charge in [-0.15, -0.1) is 0 Å². The van der Waals surface area contributed by atoms with E-state index in [2.05, 4.69) is 15.4 Å². The minimum absolute atomic E-state index is 0.136. The summed E-state index contributed by atoms with van der Waals surface area (Å²) >= 11 is 0. The third kappa shape index (κ3) is 4.70. The fraction of sp³-hybridized carbons (Fsp3) is 0.125. The molecule has 0 bridgehead atoms. The van der Waals surface area contributed by atoms with Crippen molar-refractivity contribution in [2.45, 2.75) is 0 Å². The first kappa shape index (κ1) is 20.9. The minimum atomic E-state index is -0.315. The van der Waals surface area contributed by atoms with Gasteiger partial charge in [-0.2, -0.15) is 9.78 Å². The van der Waals surface area contributed by atoms with E-state index in [0.717, 1.165) is 5.56 Å². The van der Waals surface area contributed by atoms with Gasteiger partial charge in [0.2, 0.25) is 0 Å².